The lowest BCUT2D eigenvalue weighted by atomic mass is 9.96. The number of piperidine rings is 1. The van der Waals surface area contributed by atoms with Gasteiger partial charge in [0, 0.05) is 50.4 Å². The van der Waals surface area contributed by atoms with E-state index in [2.05, 4.69) is 10.4 Å². The van der Waals surface area contributed by atoms with Crippen LogP contribution in [-0.2, 0) is 24.8 Å². The molecule has 3 amide bonds. The predicted molar refractivity (Wildman–Crippen MR) is 123 cm³/mol. The number of amides is 3. The van der Waals surface area contributed by atoms with Crippen molar-refractivity contribution in [2.24, 2.45) is 13.0 Å². The summed E-state index contributed by atoms with van der Waals surface area (Å²) >= 11 is 6.24. The Hall–Kier alpha value is -2.87. The number of carbonyl (C=O) groups excluding carboxylic acids is 3. The second-order valence-electron chi connectivity index (χ2n) is 9.23. The minimum atomic E-state index is -0.180. The average Bonchev–Trinajstić information content (AvgIpc) is 3.59. The number of carbonyl (C=O) groups is 3. The fourth-order valence-corrected chi connectivity index (χ4v) is 5.03. The number of halogens is 1. The molecule has 1 aliphatic carbocycles. The minimum absolute atomic E-state index is 0.0505. The van der Waals surface area contributed by atoms with Gasteiger partial charge in [-0.3, -0.25) is 19.1 Å². The van der Waals surface area contributed by atoms with Crippen molar-refractivity contribution in [3.8, 4) is 0 Å². The van der Waals surface area contributed by atoms with Gasteiger partial charge >= 0.3 is 0 Å². The van der Waals surface area contributed by atoms with Gasteiger partial charge in [0.25, 0.3) is 11.8 Å². The van der Waals surface area contributed by atoms with E-state index in [-0.39, 0.29) is 23.6 Å². The summed E-state index contributed by atoms with van der Waals surface area (Å²) in [7, 11) is 1.84. The van der Waals surface area contributed by atoms with E-state index in [1.165, 1.54) is 0 Å². The van der Waals surface area contributed by atoms with Gasteiger partial charge in [0.15, 0.2) is 5.69 Å². The highest BCUT2D eigenvalue weighted by atomic mass is 35.5. The van der Waals surface area contributed by atoms with Crippen LogP contribution in [0.1, 0.15) is 57.8 Å². The van der Waals surface area contributed by atoms with Crippen molar-refractivity contribution < 1.29 is 14.4 Å². The van der Waals surface area contributed by atoms with Gasteiger partial charge in [0.05, 0.1) is 23.0 Å². The number of aromatic nitrogens is 2. The van der Waals surface area contributed by atoms with Gasteiger partial charge in [-0.05, 0) is 37.8 Å². The summed E-state index contributed by atoms with van der Waals surface area (Å²) in [5.41, 5.74) is 2.60. The molecule has 9 heteroatoms. The Morgan fingerprint density at radius 1 is 1.06 bits per heavy atom. The van der Waals surface area contributed by atoms with E-state index in [0.717, 1.165) is 36.9 Å². The van der Waals surface area contributed by atoms with Crippen molar-refractivity contribution in [1.29, 1.82) is 0 Å². The Bertz CT molecular complexity index is 1110. The van der Waals surface area contributed by atoms with E-state index >= 15 is 0 Å². The summed E-state index contributed by atoms with van der Waals surface area (Å²) in [6, 6.07) is 7.32. The molecule has 1 atom stereocenters. The highest BCUT2D eigenvalue weighted by molar-refractivity contribution is 6.33. The number of benzene rings is 1. The summed E-state index contributed by atoms with van der Waals surface area (Å²) in [5, 5.41) is 8.02. The van der Waals surface area contributed by atoms with E-state index in [1.54, 1.807) is 38.7 Å². The topological polar surface area (TPSA) is 87.5 Å². The molecule has 1 aromatic heterocycles. The van der Waals surface area contributed by atoms with Gasteiger partial charge < -0.3 is 15.1 Å². The fourth-order valence-electron chi connectivity index (χ4n) is 4.81. The molecule has 174 valence electrons. The number of nitrogens with zero attached hydrogens (tertiary/aromatic N) is 4. The third-order valence-electron chi connectivity index (χ3n) is 6.84. The molecular weight excluding hydrogens is 442 g/mol. The Morgan fingerprint density at radius 3 is 2.61 bits per heavy atom. The van der Waals surface area contributed by atoms with Crippen LogP contribution < -0.4 is 5.32 Å². The molecule has 0 radical (unpaired) electrons. The molecular formula is C24H28ClN5O3. The van der Waals surface area contributed by atoms with Crippen LogP contribution in [-0.4, -0.2) is 63.0 Å². The van der Waals surface area contributed by atoms with Crippen molar-refractivity contribution in [2.75, 3.05) is 19.6 Å². The van der Waals surface area contributed by atoms with Crippen molar-refractivity contribution in [2.45, 2.75) is 44.7 Å². The van der Waals surface area contributed by atoms with Gasteiger partial charge in [0.1, 0.15) is 0 Å². The number of fused-ring (bicyclic) bond motifs is 1. The first-order valence-electron chi connectivity index (χ1n) is 11.6. The first-order chi connectivity index (χ1) is 15.9. The van der Waals surface area contributed by atoms with Crippen molar-refractivity contribution in [1.82, 2.24) is 24.9 Å². The molecule has 2 fully saturated rings. The van der Waals surface area contributed by atoms with Crippen LogP contribution in [0.4, 0.5) is 0 Å². The SMILES string of the molecule is Cn1nc(C(=O)N2CCCC(C(=O)NC3CC3)C2)c2c1CCN(C(=O)c1ccccc1Cl)C2. The average molecular weight is 470 g/mol. The van der Waals surface area contributed by atoms with Gasteiger partial charge in [-0.1, -0.05) is 23.7 Å². The highest BCUT2D eigenvalue weighted by Gasteiger charge is 2.36. The number of hydrogen-bond donors (Lipinski definition) is 1. The Kier molecular flexibility index (Phi) is 5.86. The molecule has 8 nitrogen and oxygen atoms in total. The van der Waals surface area contributed by atoms with Crippen molar-refractivity contribution in [3.63, 3.8) is 0 Å². The Balaban J connectivity index is 1.34. The smallest absolute Gasteiger partial charge is 0.274 e. The first-order valence-corrected chi connectivity index (χ1v) is 12.0. The standard InChI is InChI=1S/C24H28ClN5O3/c1-28-20-10-12-30(23(32)17-6-2-3-7-19(17)25)14-18(20)21(27-28)24(33)29-11-4-5-15(13-29)22(31)26-16-8-9-16/h2-3,6-7,15-16H,4-5,8-14H2,1H3,(H,26,31). The van der Waals surface area contributed by atoms with Crippen LogP contribution in [0.15, 0.2) is 24.3 Å². The second-order valence-corrected chi connectivity index (χ2v) is 9.63. The summed E-state index contributed by atoms with van der Waals surface area (Å²) in [6.07, 6.45) is 4.30. The molecule has 1 N–H and O–H groups in total. The molecule has 2 aromatic rings. The third-order valence-corrected chi connectivity index (χ3v) is 7.17. The molecule has 3 heterocycles. The quantitative estimate of drug-likeness (QED) is 0.744. The van der Waals surface area contributed by atoms with Gasteiger partial charge in [-0.25, -0.2) is 0 Å². The number of aryl methyl sites for hydroxylation is 1. The number of hydrogen-bond acceptors (Lipinski definition) is 4. The lowest BCUT2D eigenvalue weighted by molar-refractivity contribution is -0.126. The van der Waals surface area contributed by atoms with E-state index in [9.17, 15) is 14.4 Å². The molecule has 1 saturated carbocycles. The summed E-state index contributed by atoms with van der Waals surface area (Å²) in [5.74, 6) is -0.443. The van der Waals surface area contributed by atoms with Crippen LogP contribution >= 0.6 is 11.6 Å². The monoisotopic (exact) mass is 469 g/mol. The lowest BCUT2D eigenvalue weighted by Crippen LogP contribution is -2.46. The molecule has 2 aliphatic heterocycles. The minimum Gasteiger partial charge on any atom is -0.353 e. The maximum Gasteiger partial charge on any atom is 0.274 e. The van der Waals surface area contributed by atoms with Crippen LogP contribution in [0, 0.1) is 5.92 Å². The van der Waals surface area contributed by atoms with Crippen molar-refractivity contribution in [3.05, 3.63) is 51.8 Å². The zero-order chi connectivity index (χ0) is 23.1. The number of likely N-dealkylation sites (tertiary alicyclic amines) is 1. The summed E-state index contributed by atoms with van der Waals surface area (Å²) in [6.45, 7) is 1.87. The van der Waals surface area contributed by atoms with E-state index in [0.29, 0.717) is 54.9 Å². The summed E-state index contributed by atoms with van der Waals surface area (Å²) < 4.78 is 1.75. The van der Waals surface area contributed by atoms with Crippen LogP contribution in [0.2, 0.25) is 5.02 Å². The fraction of sp³-hybridized carbons (Fsp3) is 0.500. The van der Waals surface area contributed by atoms with Gasteiger partial charge in [-0.15, -0.1) is 0 Å². The zero-order valence-electron chi connectivity index (χ0n) is 18.7. The second kappa shape index (κ2) is 8.82. The van der Waals surface area contributed by atoms with Crippen LogP contribution in [0.5, 0.6) is 0 Å². The Morgan fingerprint density at radius 2 is 1.85 bits per heavy atom. The molecule has 0 spiro atoms. The Labute approximate surface area is 197 Å². The molecule has 1 saturated heterocycles. The van der Waals surface area contributed by atoms with Crippen LogP contribution in [0.25, 0.3) is 0 Å². The van der Waals surface area contributed by atoms with Crippen molar-refractivity contribution >= 4 is 29.3 Å². The first kappa shape index (κ1) is 21.9. The molecule has 5 rings (SSSR count). The van der Waals surface area contributed by atoms with Crippen LogP contribution in [0.3, 0.4) is 0 Å². The predicted octanol–water partition coefficient (Wildman–Crippen LogP) is 2.40. The molecule has 33 heavy (non-hydrogen) atoms. The van der Waals surface area contributed by atoms with E-state index < -0.39 is 0 Å². The maximum atomic E-state index is 13.5. The largest absolute Gasteiger partial charge is 0.353 e. The molecule has 0 bridgehead atoms. The lowest BCUT2D eigenvalue weighted by Gasteiger charge is -2.32. The number of nitrogens with one attached hydrogen (secondary N) is 1. The normalized spacial score (nSPS) is 20.4. The molecule has 1 unspecified atom stereocenters. The zero-order valence-corrected chi connectivity index (χ0v) is 19.5. The molecule has 3 aliphatic rings. The molecule has 1 aromatic carbocycles. The maximum absolute atomic E-state index is 13.5. The highest BCUT2D eigenvalue weighted by Crippen LogP contribution is 2.28. The van der Waals surface area contributed by atoms with E-state index in [4.69, 9.17) is 11.6 Å². The third kappa shape index (κ3) is 4.36. The van der Waals surface area contributed by atoms with Gasteiger partial charge in [-0.2, -0.15) is 5.10 Å². The summed E-state index contributed by atoms with van der Waals surface area (Å²) in [4.78, 5) is 42.6. The van der Waals surface area contributed by atoms with Gasteiger partial charge in [0.2, 0.25) is 5.91 Å². The number of rotatable bonds is 4. The van der Waals surface area contributed by atoms with E-state index in [1.807, 2.05) is 7.05 Å².